The number of carbonyl (C=O) groups excluding carboxylic acids is 1. The Balaban J connectivity index is 1.56. The molecule has 0 aliphatic carbocycles. The van der Waals surface area contributed by atoms with Crippen LogP contribution in [0.3, 0.4) is 0 Å². The molecule has 2 aromatic rings. The number of aryl methyl sites for hydroxylation is 2. The van der Waals surface area contributed by atoms with Crippen molar-refractivity contribution in [2.75, 3.05) is 25.4 Å². The third-order valence-corrected chi connectivity index (χ3v) is 5.70. The lowest BCUT2D eigenvalue weighted by Gasteiger charge is -2.28. The van der Waals surface area contributed by atoms with Crippen molar-refractivity contribution in [3.05, 3.63) is 29.3 Å². The van der Waals surface area contributed by atoms with E-state index >= 15 is 0 Å². The van der Waals surface area contributed by atoms with Crippen molar-refractivity contribution < 1.29 is 9.69 Å². The van der Waals surface area contributed by atoms with Gasteiger partial charge >= 0.3 is 0 Å². The number of tetrazole rings is 1. The number of benzene rings is 1. The average Bonchev–Trinajstić information content (AvgIpc) is 3.08. The molecule has 1 aliphatic heterocycles. The molecule has 140 valence electrons. The smallest absolute Gasteiger partial charge is 0.230 e. The first-order chi connectivity index (χ1) is 12.5. The van der Waals surface area contributed by atoms with Crippen LogP contribution in [0.25, 0.3) is 5.69 Å². The van der Waals surface area contributed by atoms with Gasteiger partial charge in [0, 0.05) is 18.9 Å². The fraction of sp³-hybridized carbons (Fsp3) is 0.556. The molecule has 2 N–H and O–H groups in total. The Bertz CT molecular complexity index is 734. The van der Waals surface area contributed by atoms with Gasteiger partial charge in [-0.3, -0.25) is 4.79 Å². The molecular weight excluding hydrogens is 348 g/mol. The van der Waals surface area contributed by atoms with Crippen LogP contribution >= 0.6 is 11.8 Å². The van der Waals surface area contributed by atoms with Gasteiger partial charge in [-0.2, -0.15) is 4.68 Å². The van der Waals surface area contributed by atoms with E-state index in [9.17, 15) is 4.79 Å². The van der Waals surface area contributed by atoms with Crippen LogP contribution in [-0.4, -0.2) is 57.5 Å². The number of nitrogens with one attached hydrogen (secondary N) is 2. The Morgan fingerprint density at radius 2 is 1.96 bits per heavy atom. The quantitative estimate of drug-likeness (QED) is 0.722. The van der Waals surface area contributed by atoms with E-state index in [1.165, 1.54) is 11.8 Å². The number of likely N-dealkylation sites (tertiary alicyclic amines) is 1. The van der Waals surface area contributed by atoms with E-state index in [0.29, 0.717) is 17.0 Å². The fourth-order valence-electron chi connectivity index (χ4n) is 3.43. The average molecular weight is 376 g/mol. The van der Waals surface area contributed by atoms with Crippen molar-refractivity contribution in [3.8, 4) is 5.69 Å². The van der Waals surface area contributed by atoms with Gasteiger partial charge in [0.15, 0.2) is 0 Å². The van der Waals surface area contributed by atoms with Crippen molar-refractivity contribution in [1.29, 1.82) is 0 Å². The van der Waals surface area contributed by atoms with Gasteiger partial charge in [0.1, 0.15) is 0 Å². The summed E-state index contributed by atoms with van der Waals surface area (Å²) < 4.78 is 1.70. The van der Waals surface area contributed by atoms with Gasteiger partial charge < -0.3 is 10.2 Å². The lowest BCUT2D eigenvalue weighted by Crippen LogP contribution is -3.13. The van der Waals surface area contributed by atoms with Crippen LogP contribution in [0.5, 0.6) is 0 Å². The van der Waals surface area contributed by atoms with Gasteiger partial charge in [0.05, 0.1) is 31.1 Å². The first-order valence-electron chi connectivity index (χ1n) is 9.18. The van der Waals surface area contributed by atoms with Crippen LogP contribution in [-0.2, 0) is 4.79 Å². The number of piperidine rings is 1. The molecule has 26 heavy (non-hydrogen) atoms. The molecule has 7 nitrogen and oxygen atoms in total. The summed E-state index contributed by atoms with van der Waals surface area (Å²) in [6.07, 6.45) is 2.11. The number of hydrogen-bond donors (Lipinski definition) is 2. The SMILES string of the molecule is CC[NH+]1CCC(NC(=O)CSc2nnnn2-c2cc(C)cc(C)c2)CC1. The topological polar surface area (TPSA) is 77.1 Å². The molecular formula is C18H27N6OS+. The maximum atomic E-state index is 12.3. The number of thioether (sulfide) groups is 1. The van der Waals surface area contributed by atoms with Crippen LogP contribution < -0.4 is 10.2 Å². The highest BCUT2D eigenvalue weighted by Crippen LogP contribution is 2.20. The summed E-state index contributed by atoms with van der Waals surface area (Å²) in [6, 6.07) is 6.49. The first kappa shape index (κ1) is 18.8. The largest absolute Gasteiger partial charge is 0.352 e. The molecule has 0 unspecified atom stereocenters. The number of rotatable bonds is 6. The molecule has 0 radical (unpaired) electrons. The summed E-state index contributed by atoms with van der Waals surface area (Å²) in [5.74, 6) is 0.376. The Kier molecular flexibility index (Phi) is 6.26. The van der Waals surface area contributed by atoms with E-state index in [2.05, 4.69) is 33.8 Å². The number of hydrogen-bond acceptors (Lipinski definition) is 5. The second-order valence-electron chi connectivity index (χ2n) is 6.95. The molecule has 1 aromatic heterocycles. The number of amides is 1. The van der Waals surface area contributed by atoms with Gasteiger partial charge in [-0.05, 0) is 54.5 Å². The van der Waals surface area contributed by atoms with Crippen molar-refractivity contribution in [2.45, 2.75) is 44.8 Å². The van der Waals surface area contributed by atoms with Crippen molar-refractivity contribution >= 4 is 17.7 Å². The van der Waals surface area contributed by atoms with E-state index in [4.69, 9.17) is 0 Å². The van der Waals surface area contributed by atoms with Gasteiger partial charge in [-0.1, -0.05) is 17.8 Å². The van der Waals surface area contributed by atoms with Gasteiger partial charge in [0.25, 0.3) is 0 Å². The standard InChI is InChI=1S/C18H26N6OS/c1-4-23-7-5-15(6-8-23)19-17(25)12-26-18-20-21-22-24(18)16-10-13(2)9-14(3)11-16/h9-11,15H,4-8,12H2,1-3H3,(H,19,25)/p+1. The highest BCUT2D eigenvalue weighted by molar-refractivity contribution is 7.99. The molecule has 1 amide bonds. The lowest BCUT2D eigenvalue weighted by atomic mass is 10.1. The second-order valence-corrected chi connectivity index (χ2v) is 7.90. The van der Waals surface area contributed by atoms with Crippen molar-refractivity contribution in [2.24, 2.45) is 0 Å². The zero-order valence-electron chi connectivity index (χ0n) is 15.7. The minimum atomic E-state index is 0.0509. The van der Waals surface area contributed by atoms with Crippen LogP contribution in [0.1, 0.15) is 30.9 Å². The molecule has 1 fully saturated rings. The first-order valence-corrected chi connectivity index (χ1v) is 10.2. The van der Waals surface area contributed by atoms with Gasteiger partial charge in [0.2, 0.25) is 11.1 Å². The van der Waals surface area contributed by atoms with Crippen LogP contribution in [0.15, 0.2) is 23.4 Å². The normalized spacial score (nSPS) is 20.1. The van der Waals surface area contributed by atoms with Crippen LogP contribution in [0, 0.1) is 13.8 Å². The molecule has 1 aromatic carbocycles. The third-order valence-electron chi connectivity index (χ3n) is 4.78. The van der Waals surface area contributed by atoms with E-state index in [1.54, 1.807) is 9.58 Å². The number of quaternary nitrogens is 1. The maximum Gasteiger partial charge on any atom is 0.230 e. The molecule has 1 saturated heterocycles. The molecule has 0 bridgehead atoms. The Morgan fingerprint density at radius 1 is 1.27 bits per heavy atom. The monoisotopic (exact) mass is 375 g/mol. The van der Waals surface area contributed by atoms with E-state index in [0.717, 1.165) is 49.3 Å². The molecule has 2 heterocycles. The minimum absolute atomic E-state index is 0.0509. The Morgan fingerprint density at radius 3 is 2.62 bits per heavy atom. The number of aromatic nitrogens is 4. The van der Waals surface area contributed by atoms with Gasteiger partial charge in [-0.25, -0.2) is 0 Å². The minimum Gasteiger partial charge on any atom is -0.352 e. The molecule has 8 heteroatoms. The van der Waals surface area contributed by atoms with Crippen molar-refractivity contribution in [3.63, 3.8) is 0 Å². The zero-order chi connectivity index (χ0) is 18.5. The van der Waals surface area contributed by atoms with E-state index in [1.807, 2.05) is 26.0 Å². The maximum absolute atomic E-state index is 12.3. The zero-order valence-corrected chi connectivity index (χ0v) is 16.5. The molecule has 0 saturated carbocycles. The summed E-state index contributed by atoms with van der Waals surface area (Å²) in [4.78, 5) is 13.9. The number of carbonyl (C=O) groups is 1. The fourth-order valence-corrected chi connectivity index (χ4v) is 4.13. The highest BCUT2D eigenvalue weighted by atomic mass is 32.2. The Hall–Kier alpha value is -1.93. The van der Waals surface area contributed by atoms with E-state index < -0.39 is 0 Å². The van der Waals surface area contributed by atoms with Crippen LogP contribution in [0.4, 0.5) is 0 Å². The summed E-state index contributed by atoms with van der Waals surface area (Å²) in [6.45, 7) is 9.75. The summed E-state index contributed by atoms with van der Waals surface area (Å²) in [5.41, 5.74) is 3.24. The summed E-state index contributed by atoms with van der Waals surface area (Å²) in [5, 5.41) is 15.7. The predicted molar refractivity (Wildman–Crippen MR) is 102 cm³/mol. The third kappa shape index (κ3) is 4.82. The Labute approximate surface area is 158 Å². The summed E-state index contributed by atoms with van der Waals surface area (Å²) in [7, 11) is 0. The molecule has 1 aliphatic rings. The van der Waals surface area contributed by atoms with Crippen molar-refractivity contribution in [1.82, 2.24) is 25.5 Å². The highest BCUT2D eigenvalue weighted by Gasteiger charge is 2.22. The lowest BCUT2D eigenvalue weighted by molar-refractivity contribution is -0.903. The molecule has 3 rings (SSSR count). The van der Waals surface area contributed by atoms with E-state index in [-0.39, 0.29) is 5.91 Å². The predicted octanol–water partition coefficient (Wildman–Crippen LogP) is 0.555. The molecule has 0 spiro atoms. The molecule has 0 atom stereocenters. The second kappa shape index (κ2) is 8.64. The van der Waals surface area contributed by atoms with Crippen LogP contribution in [0.2, 0.25) is 0 Å². The van der Waals surface area contributed by atoms with Gasteiger partial charge in [-0.15, -0.1) is 5.10 Å². The number of nitrogens with zero attached hydrogens (tertiary/aromatic N) is 4. The summed E-state index contributed by atoms with van der Waals surface area (Å²) >= 11 is 1.37.